The molecular formula is C14H22N4O. The molecule has 1 aliphatic heterocycles. The molecule has 5 heteroatoms. The molecule has 1 fully saturated rings. The van der Waals surface area contributed by atoms with Crippen molar-refractivity contribution in [3.63, 3.8) is 0 Å². The van der Waals surface area contributed by atoms with E-state index in [0.717, 1.165) is 44.7 Å². The average Bonchev–Trinajstić information content (AvgIpc) is 2.62. The number of nitrogens with zero attached hydrogens (tertiary/aromatic N) is 3. The standard InChI is InChI=1S/C14H22N4O/c1-3-12-9-11(10-13(15)16-12)14(19)18-6-4-5-17(2)7-8-18/h9-10H,3-8H2,1-2H3,(H2,15,16). The zero-order chi connectivity index (χ0) is 13.8. The van der Waals surface area contributed by atoms with E-state index in [1.54, 1.807) is 6.07 Å². The highest BCUT2D eigenvalue weighted by Crippen LogP contribution is 2.13. The van der Waals surface area contributed by atoms with E-state index >= 15 is 0 Å². The summed E-state index contributed by atoms with van der Waals surface area (Å²) in [4.78, 5) is 20.9. The van der Waals surface area contributed by atoms with Crippen molar-refractivity contribution in [2.75, 3.05) is 39.0 Å². The SMILES string of the molecule is CCc1cc(C(=O)N2CCCN(C)CC2)cc(N)n1. The van der Waals surface area contributed by atoms with Gasteiger partial charge in [0.2, 0.25) is 0 Å². The van der Waals surface area contributed by atoms with Crippen LogP contribution in [0.25, 0.3) is 0 Å². The fourth-order valence-electron chi connectivity index (χ4n) is 2.35. The molecule has 1 aliphatic rings. The maximum atomic E-state index is 12.5. The largest absolute Gasteiger partial charge is 0.384 e. The van der Waals surface area contributed by atoms with Crippen LogP contribution in [0, 0.1) is 0 Å². The van der Waals surface area contributed by atoms with E-state index < -0.39 is 0 Å². The number of nitrogens with two attached hydrogens (primary N) is 1. The number of rotatable bonds is 2. The van der Waals surface area contributed by atoms with Crippen molar-refractivity contribution in [3.05, 3.63) is 23.4 Å². The first-order valence-corrected chi connectivity index (χ1v) is 6.84. The first-order valence-electron chi connectivity index (χ1n) is 6.84. The highest BCUT2D eigenvalue weighted by Gasteiger charge is 2.19. The van der Waals surface area contributed by atoms with Gasteiger partial charge < -0.3 is 15.5 Å². The summed E-state index contributed by atoms with van der Waals surface area (Å²) in [6.07, 6.45) is 1.80. The van der Waals surface area contributed by atoms with Crippen LogP contribution in [0.5, 0.6) is 0 Å². The number of anilines is 1. The number of hydrogen-bond donors (Lipinski definition) is 1. The number of carbonyl (C=O) groups excluding carboxylic acids is 1. The molecule has 2 heterocycles. The number of pyridine rings is 1. The van der Waals surface area contributed by atoms with Crippen LogP contribution in [-0.2, 0) is 6.42 Å². The molecule has 0 aromatic carbocycles. The Labute approximate surface area is 114 Å². The molecule has 2 rings (SSSR count). The van der Waals surface area contributed by atoms with Gasteiger partial charge in [-0.2, -0.15) is 0 Å². The first kappa shape index (κ1) is 13.8. The highest BCUT2D eigenvalue weighted by atomic mass is 16.2. The summed E-state index contributed by atoms with van der Waals surface area (Å²) in [6.45, 7) is 5.57. The number of aryl methyl sites for hydroxylation is 1. The van der Waals surface area contributed by atoms with Gasteiger partial charge in [-0.3, -0.25) is 4.79 Å². The van der Waals surface area contributed by atoms with E-state index in [1.807, 2.05) is 17.9 Å². The van der Waals surface area contributed by atoms with E-state index in [0.29, 0.717) is 11.4 Å². The zero-order valence-electron chi connectivity index (χ0n) is 11.7. The van der Waals surface area contributed by atoms with E-state index in [-0.39, 0.29) is 5.91 Å². The second kappa shape index (κ2) is 6.02. The molecular weight excluding hydrogens is 240 g/mol. The predicted molar refractivity (Wildman–Crippen MR) is 76.0 cm³/mol. The topological polar surface area (TPSA) is 62.5 Å². The Balaban J connectivity index is 2.16. The first-order chi connectivity index (χ1) is 9.10. The van der Waals surface area contributed by atoms with Gasteiger partial charge in [-0.15, -0.1) is 0 Å². The van der Waals surface area contributed by atoms with Gasteiger partial charge in [-0.1, -0.05) is 6.92 Å². The molecule has 0 radical (unpaired) electrons. The Kier molecular flexibility index (Phi) is 4.37. The van der Waals surface area contributed by atoms with Gasteiger partial charge >= 0.3 is 0 Å². The maximum Gasteiger partial charge on any atom is 0.254 e. The lowest BCUT2D eigenvalue weighted by Crippen LogP contribution is -2.34. The van der Waals surface area contributed by atoms with E-state index in [2.05, 4.69) is 16.9 Å². The second-order valence-electron chi connectivity index (χ2n) is 5.07. The maximum absolute atomic E-state index is 12.5. The molecule has 1 amide bonds. The Morgan fingerprint density at radius 1 is 1.32 bits per heavy atom. The third kappa shape index (κ3) is 3.44. The average molecular weight is 262 g/mol. The molecule has 1 aromatic heterocycles. The molecule has 0 atom stereocenters. The molecule has 0 saturated carbocycles. The molecule has 5 nitrogen and oxygen atoms in total. The van der Waals surface area contributed by atoms with Crippen molar-refractivity contribution >= 4 is 11.7 Å². The summed E-state index contributed by atoms with van der Waals surface area (Å²) < 4.78 is 0. The van der Waals surface area contributed by atoms with E-state index in [9.17, 15) is 4.79 Å². The van der Waals surface area contributed by atoms with Crippen LogP contribution in [0.2, 0.25) is 0 Å². The van der Waals surface area contributed by atoms with Gasteiger partial charge in [-0.25, -0.2) is 4.98 Å². The molecule has 1 aromatic rings. The monoisotopic (exact) mass is 262 g/mol. The zero-order valence-corrected chi connectivity index (χ0v) is 11.7. The molecule has 19 heavy (non-hydrogen) atoms. The molecule has 2 N–H and O–H groups in total. The van der Waals surface area contributed by atoms with Crippen LogP contribution in [-0.4, -0.2) is 53.9 Å². The number of likely N-dealkylation sites (N-methyl/N-ethyl adjacent to an activating group) is 1. The molecule has 0 bridgehead atoms. The van der Waals surface area contributed by atoms with Crippen LogP contribution >= 0.6 is 0 Å². The van der Waals surface area contributed by atoms with Gasteiger partial charge in [-0.05, 0) is 38.6 Å². The number of nitrogen functional groups attached to an aromatic ring is 1. The van der Waals surface area contributed by atoms with E-state index in [1.165, 1.54) is 0 Å². The Morgan fingerprint density at radius 2 is 2.11 bits per heavy atom. The fraction of sp³-hybridized carbons (Fsp3) is 0.571. The minimum Gasteiger partial charge on any atom is -0.384 e. The second-order valence-corrected chi connectivity index (χ2v) is 5.07. The Morgan fingerprint density at radius 3 is 2.84 bits per heavy atom. The smallest absolute Gasteiger partial charge is 0.254 e. The lowest BCUT2D eigenvalue weighted by molar-refractivity contribution is 0.0762. The number of hydrogen-bond acceptors (Lipinski definition) is 4. The van der Waals surface area contributed by atoms with Crippen molar-refractivity contribution in [3.8, 4) is 0 Å². The minimum atomic E-state index is 0.0686. The molecule has 0 unspecified atom stereocenters. The summed E-state index contributed by atoms with van der Waals surface area (Å²) in [5.74, 6) is 0.494. The van der Waals surface area contributed by atoms with Gasteiger partial charge in [0.15, 0.2) is 0 Å². The van der Waals surface area contributed by atoms with Gasteiger partial charge in [0.1, 0.15) is 5.82 Å². The number of carbonyl (C=O) groups is 1. The summed E-state index contributed by atoms with van der Waals surface area (Å²) in [6, 6.07) is 3.53. The Hall–Kier alpha value is -1.62. The van der Waals surface area contributed by atoms with Crippen LogP contribution < -0.4 is 5.73 Å². The molecule has 104 valence electrons. The number of amides is 1. The lowest BCUT2D eigenvalue weighted by Gasteiger charge is -2.21. The van der Waals surface area contributed by atoms with Gasteiger partial charge in [0.25, 0.3) is 5.91 Å². The Bertz CT molecular complexity index is 461. The van der Waals surface area contributed by atoms with Crippen molar-refractivity contribution in [2.45, 2.75) is 19.8 Å². The van der Waals surface area contributed by atoms with Gasteiger partial charge in [0, 0.05) is 30.9 Å². The molecule has 0 aliphatic carbocycles. The van der Waals surface area contributed by atoms with Crippen molar-refractivity contribution in [1.82, 2.24) is 14.8 Å². The van der Waals surface area contributed by atoms with Crippen molar-refractivity contribution < 1.29 is 4.79 Å². The normalized spacial score (nSPS) is 17.3. The molecule has 1 saturated heterocycles. The van der Waals surface area contributed by atoms with Crippen LogP contribution in [0.3, 0.4) is 0 Å². The summed E-state index contributed by atoms with van der Waals surface area (Å²) in [5.41, 5.74) is 7.30. The minimum absolute atomic E-state index is 0.0686. The summed E-state index contributed by atoms with van der Waals surface area (Å²) >= 11 is 0. The fourth-order valence-corrected chi connectivity index (χ4v) is 2.35. The van der Waals surface area contributed by atoms with Crippen LogP contribution in [0.15, 0.2) is 12.1 Å². The van der Waals surface area contributed by atoms with Crippen LogP contribution in [0.4, 0.5) is 5.82 Å². The van der Waals surface area contributed by atoms with Crippen LogP contribution in [0.1, 0.15) is 29.4 Å². The quantitative estimate of drug-likeness (QED) is 0.864. The third-order valence-corrected chi connectivity index (χ3v) is 3.51. The van der Waals surface area contributed by atoms with E-state index in [4.69, 9.17) is 5.73 Å². The lowest BCUT2D eigenvalue weighted by atomic mass is 10.1. The van der Waals surface area contributed by atoms with Crippen molar-refractivity contribution in [1.29, 1.82) is 0 Å². The van der Waals surface area contributed by atoms with Crippen molar-refractivity contribution in [2.24, 2.45) is 0 Å². The molecule has 0 spiro atoms. The number of aromatic nitrogens is 1. The van der Waals surface area contributed by atoms with Gasteiger partial charge in [0.05, 0.1) is 0 Å². The summed E-state index contributed by atoms with van der Waals surface area (Å²) in [5, 5.41) is 0. The third-order valence-electron chi connectivity index (χ3n) is 3.51. The summed E-state index contributed by atoms with van der Waals surface area (Å²) in [7, 11) is 2.09. The highest BCUT2D eigenvalue weighted by molar-refractivity contribution is 5.95. The predicted octanol–water partition coefficient (Wildman–Crippen LogP) is 1.00.